The second-order valence-corrected chi connectivity index (χ2v) is 6.72. The average molecular weight is 342 g/mol. The van der Waals surface area contributed by atoms with Crippen LogP contribution < -0.4 is 10.1 Å². The summed E-state index contributed by atoms with van der Waals surface area (Å²) in [6, 6.07) is 15.6. The first-order chi connectivity index (χ1) is 12.2. The Morgan fingerprint density at radius 1 is 1.08 bits per heavy atom. The van der Waals surface area contributed by atoms with Gasteiger partial charge < -0.3 is 10.1 Å². The van der Waals surface area contributed by atoms with Gasteiger partial charge in [-0.1, -0.05) is 24.3 Å². The molecule has 0 amide bonds. The molecular formula is C21H27FN2O. The van der Waals surface area contributed by atoms with E-state index in [0.29, 0.717) is 6.04 Å². The lowest BCUT2D eigenvalue weighted by molar-refractivity contribution is 0.233. The third kappa shape index (κ3) is 4.59. The molecule has 134 valence electrons. The van der Waals surface area contributed by atoms with Gasteiger partial charge >= 0.3 is 0 Å². The Morgan fingerprint density at radius 3 is 2.48 bits per heavy atom. The quantitative estimate of drug-likeness (QED) is 0.811. The molecular weight excluding hydrogens is 315 g/mol. The standard InChI is InChI=1S/C21H27FN2O/c1-16(17-8-10-19(22)11-9-17)23-15-21(24-12-3-4-13-24)18-6-5-7-20(14-18)25-2/h5-11,14,16,21,23H,3-4,12-13,15H2,1-2H3. The molecule has 4 heteroatoms. The molecule has 1 aliphatic rings. The molecule has 1 N–H and O–H groups in total. The molecule has 1 heterocycles. The number of rotatable bonds is 7. The molecule has 1 saturated heterocycles. The van der Waals surface area contributed by atoms with Gasteiger partial charge in [0.05, 0.1) is 7.11 Å². The lowest BCUT2D eigenvalue weighted by atomic mass is 10.0. The third-order valence-electron chi connectivity index (χ3n) is 5.05. The minimum Gasteiger partial charge on any atom is -0.497 e. The Kier molecular flexibility index (Phi) is 6.05. The molecule has 0 saturated carbocycles. The normalized spacial score (nSPS) is 17.4. The number of nitrogens with one attached hydrogen (secondary N) is 1. The van der Waals surface area contributed by atoms with Gasteiger partial charge in [0, 0.05) is 18.6 Å². The maximum absolute atomic E-state index is 13.1. The monoisotopic (exact) mass is 342 g/mol. The fourth-order valence-corrected chi connectivity index (χ4v) is 3.52. The van der Waals surface area contributed by atoms with Crippen molar-refractivity contribution in [3.8, 4) is 5.75 Å². The SMILES string of the molecule is COc1cccc(C(CNC(C)c2ccc(F)cc2)N2CCCC2)c1. The highest BCUT2D eigenvalue weighted by molar-refractivity contribution is 5.31. The van der Waals surface area contributed by atoms with Crippen molar-refractivity contribution in [3.05, 3.63) is 65.5 Å². The first kappa shape index (κ1) is 17.9. The lowest BCUT2D eigenvalue weighted by Crippen LogP contribution is -2.35. The van der Waals surface area contributed by atoms with Gasteiger partial charge in [-0.15, -0.1) is 0 Å². The van der Waals surface area contributed by atoms with Crippen molar-refractivity contribution in [3.63, 3.8) is 0 Å². The maximum Gasteiger partial charge on any atom is 0.123 e. The van der Waals surface area contributed by atoms with E-state index in [1.165, 1.54) is 30.5 Å². The van der Waals surface area contributed by atoms with Gasteiger partial charge in [-0.3, -0.25) is 4.90 Å². The number of methoxy groups -OCH3 is 1. The molecule has 25 heavy (non-hydrogen) atoms. The molecule has 1 fully saturated rings. The zero-order valence-electron chi connectivity index (χ0n) is 15.0. The highest BCUT2D eigenvalue weighted by Crippen LogP contribution is 2.28. The molecule has 2 aromatic rings. The molecule has 3 nitrogen and oxygen atoms in total. The van der Waals surface area contributed by atoms with Crippen LogP contribution in [0, 0.1) is 5.82 Å². The number of hydrogen-bond acceptors (Lipinski definition) is 3. The molecule has 0 spiro atoms. The second-order valence-electron chi connectivity index (χ2n) is 6.72. The minimum absolute atomic E-state index is 0.177. The van der Waals surface area contributed by atoms with Crippen LogP contribution in [-0.4, -0.2) is 31.6 Å². The van der Waals surface area contributed by atoms with Gasteiger partial charge in [0.15, 0.2) is 0 Å². The van der Waals surface area contributed by atoms with Crippen molar-refractivity contribution in [2.24, 2.45) is 0 Å². The van der Waals surface area contributed by atoms with Crippen LogP contribution in [0.4, 0.5) is 4.39 Å². The van der Waals surface area contributed by atoms with Gasteiger partial charge in [0.2, 0.25) is 0 Å². The third-order valence-corrected chi connectivity index (χ3v) is 5.05. The molecule has 0 radical (unpaired) electrons. The fourth-order valence-electron chi connectivity index (χ4n) is 3.52. The van der Waals surface area contributed by atoms with E-state index < -0.39 is 0 Å². The number of hydrogen-bond donors (Lipinski definition) is 1. The van der Waals surface area contributed by atoms with Crippen molar-refractivity contribution in [2.45, 2.75) is 31.8 Å². The van der Waals surface area contributed by atoms with Crippen molar-refractivity contribution >= 4 is 0 Å². The molecule has 2 atom stereocenters. The number of halogens is 1. The Morgan fingerprint density at radius 2 is 1.80 bits per heavy atom. The van der Waals surface area contributed by atoms with Crippen LogP contribution in [0.25, 0.3) is 0 Å². The van der Waals surface area contributed by atoms with Gasteiger partial charge in [-0.25, -0.2) is 4.39 Å². The fraction of sp³-hybridized carbons (Fsp3) is 0.429. The first-order valence-corrected chi connectivity index (χ1v) is 9.04. The molecule has 0 aliphatic carbocycles. The smallest absolute Gasteiger partial charge is 0.123 e. The van der Waals surface area contributed by atoms with E-state index in [4.69, 9.17) is 4.74 Å². The van der Waals surface area contributed by atoms with Crippen LogP contribution in [-0.2, 0) is 0 Å². The Bertz CT molecular complexity index is 668. The summed E-state index contributed by atoms with van der Waals surface area (Å²) < 4.78 is 18.5. The summed E-state index contributed by atoms with van der Waals surface area (Å²) in [5.74, 6) is 0.704. The number of likely N-dealkylation sites (tertiary alicyclic amines) is 1. The van der Waals surface area contributed by atoms with Crippen LogP contribution in [0.2, 0.25) is 0 Å². The summed E-state index contributed by atoms with van der Waals surface area (Å²) in [5, 5.41) is 3.63. The first-order valence-electron chi connectivity index (χ1n) is 9.04. The largest absolute Gasteiger partial charge is 0.497 e. The zero-order valence-corrected chi connectivity index (χ0v) is 15.0. The molecule has 3 rings (SSSR count). The lowest BCUT2D eigenvalue weighted by Gasteiger charge is -2.30. The summed E-state index contributed by atoms with van der Waals surface area (Å²) in [6.45, 7) is 5.24. The van der Waals surface area contributed by atoms with Crippen LogP contribution >= 0.6 is 0 Å². The van der Waals surface area contributed by atoms with Crippen molar-refractivity contribution in [2.75, 3.05) is 26.7 Å². The van der Waals surface area contributed by atoms with Gasteiger partial charge in [0.1, 0.15) is 11.6 Å². The molecule has 0 bridgehead atoms. The average Bonchev–Trinajstić information content (AvgIpc) is 3.17. The predicted octanol–water partition coefficient (Wildman–Crippen LogP) is 4.32. The molecule has 2 unspecified atom stereocenters. The Labute approximate surface area is 149 Å². The Balaban J connectivity index is 1.72. The van der Waals surface area contributed by atoms with Crippen LogP contribution in [0.3, 0.4) is 0 Å². The van der Waals surface area contributed by atoms with E-state index in [1.54, 1.807) is 7.11 Å². The summed E-state index contributed by atoms with van der Waals surface area (Å²) >= 11 is 0. The van der Waals surface area contributed by atoms with E-state index in [0.717, 1.165) is 30.9 Å². The number of ether oxygens (including phenoxy) is 1. The van der Waals surface area contributed by atoms with Crippen molar-refractivity contribution in [1.82, 2.24) is 10.2 Å². The maximum atomic E-state index is 13.1. The van der Waals surface area contributed by atoms with E-state index in [-0.39, 0.29) is 11.9 Å². The minimum atomic E-state index is -0.192. The van der Waals surface area contributed by atoms with Gasteiger partial charge in [0.25, 0.3) is 0 Å². The van der Waals surface area contributed by atoms with E-state index in [1.807, 2.05) is 18.2 Å². The highest BCUT2D eigenvalue weighted by atomic mass is 19.1. The second kappa shape index (κ2) is 8.45. The topological polar surface area (TPSA) is 24.5 Å². The summed E-state index contributed by atoms with van der Waals surface area (Å²) in [5.41, 5.74) is 2.38. The van der Waals surface area contributed by atoms with Crippen LogP contribution in [0.1, 0.15) is 43.0 Å². The number of nitrogens with zero attached hydrogens (tertiary/aromatic N) is 1. The van der Waals surface area contributed by atoms with E-state index in [2.05, 4.69) is 35.3 Å². The summed E-state index contributed by atoms with van der Waals surface area (Å²) in [7, 11) is 1.71. The summed E-state index contributed by atoms with van der Waals surface area (Å²) in [4.78, 5) is 2.54. The molecule has 1 aliphatic heterocycles. The van der Waals surface area contributed by atoms with Crippen molar-refractivity contribution in [1.29, 1.82) is 0 Å². The van der Waals surface area contributed by atoms with E-state index >= 15 is 0 Å². The van der Waals surface area contributed by atoms with E-state index in [9.17, 15) is 4.39 Å². The van der Waals surface area contributed by atoms with Crippen LogP contribution in [0.15, 0.2) is 48.5 Å². The zero-order chi connectivity index (χ0) is 17.6. The van der Waals surface area contributed by atoms with Crippen molar-refractivity contribution < 1.29 is 9.13 Å². The predicted molar refractivity (Wildman–Crippen MR) is 99.4 cm³/mol. The molecule has 2 aromatic carbocycles. The van der Waals surface area contributed by atoms with Gasteiger partial charge in [-0.05, 0) is 68.2 Å². The van der Waals surface area contributed by atoms with Gasteiger partial charge in [-0.2, -0.15) is 0 Å². The Hall–Kier alpha value is -1.91. The number of benzene rings is 2. The summed E-state index contributed by atoms with van der Waals surface area (Å²) in [6.07, 6.45) is 2.52. The van der Waals surface area contributed by atoms with Crippen LogP contribution in [0.5, 0.6) is 5.75 Å². The highest BCUT2D eigenvalue weighted by Gasteiger charge is 2.24. The molecule has 0 aromatic heterocycles.